The van der Waals surface area contributed by atoms with Crippen LogP contribution >= 0.6 is 11.6 Å². The van der Waals surface area contributed by atoms with Gasteiger partial charge in [-0.2, -0.15) is 0 Å². The Hall–Kier alpha value is -1.17. The van der Waals surface area contributed by atoms with Crippen molar-refractivity contribution in [2.75, 3.05) is 47.4 Å². The van der Waals surface area contributed by atoms with Gasteiger partial charge in [-0.1, -0.05) is 11.6 Å². The summed E-state index contributed by atoms with van der Waals surface area (Å²) in [6.07, 6.45) is 3.97. The Morgan fingerprint density at radius 2 is 2.10 bits per heavy atom. The lowest BCUT2D eigenvalue weighted by molar-refractivity contribution is 0.0689. The molecule has 1 amide bonds. The molecule has 0 fully saturated rings. The number of hydrogen-bond acceptors (Lipinski definition) is 4. The molecule has 0 aliphatic rings. The highest BCUT2D eigenvalue weighted by molar-refractivity contribution is 6.33. The minimum Gasteiger partial charge on any atom is -0.383 e. The van der Waals surface area contributed by atoms with Crippen LogP contribution in [0, 0.1) is 0 Å². The molecule has 1 aromatic heterocycles. The number of hydrogen-bond donors (Lipinski definition) is 0. The molecule has 1 heterocycles. The highest BCUT2D eigenvalue weighted by Gasteiger charge is 2.17. The van der Waals surface area contributed by atoms with Crippen molar-refractivity contribution in [1.29, 1.82) is 0 Å². The molecule has 0 aliphatic carbocycles. The lowest BCUT2D eigenvalue weighted by Gasteiger charge is -2.23. The average molecular weight is 300 g/mol. The first-order valence-corrected chi connectivity index (χ1v) is 6.96. The van der Waals surface area contributed by atoms with Crippen LogP contribution in [-0.4, -0.2) is 68.1 Å². The number of halogens is 1. The topological polar surface area (TPSA) is 45.7 Å². The summed E-state index contributed by atoms with van der Waals surface area (Å²) in [6, 6.07) is 1.65. The van der Waals surface area contributed by atoms with Crippen molar-refractivity contribution < 1.29 is 9.53 Å². The van der Waals surface area contributed by atoms with Gasteiger partial charge in [0.15, 0.2) is 0 Å². The molecular weight excluding hydrogens is 278 g/mol. The molecule has 0 aliphatic heterocycles. The Morgan fingerprint density at radius 3 is 2.70 bits per heavy atom. The van der Waals surface area contributed by atoms with Gasteiger partial charge in [0.25, 0.3) is 5.91 Å². The van der Waals surface area contributed by atoms with Crippen LogP contribution in [-0.2, 0) is 4.74 Å². The van der Waals surface area contributed by atoms with E-state index in [1.165, 1.54) is 6.20 Å². The third-order valence-electron chi connectivity index (χ3n) is 2.89. The zero-order chi connectivity index (χ0) is 15.0. The summed E-state index contributed by atoms with van der Waals surface area (Å²) in [5, 5.41) is 0.382. The van der Waals surface area contributed by atoms with Crippen molar-refractivity contribution in [2.45, 2.75) is 6.42 Å². The Bertz CT molecular complexity index is 427. The van der Waals surface area contributed by atoms with Gasteiger partial charge >= 0.3 is 0 Å². The number of aromatic nitrogens is 1. The van der Waals surface area contributed by atoms with E-state index in [9.17, 15) is 4.79 Å². The van der Waals surface area contributed by atoms with E-state index in [2.05, 4.69) is 9.88 Å². The number of nitrogens with zero attached hydrogens (tertiary/aromatic N) is 3. The minimum absolute atomic E-state index is 0.0757. The van der Waals surface area contributed by atoms with Crippen molar-refractivity contribution in [3.63, 3.8) is 0 Å². The molecule has 0 unspecified atom stereocenters. The number of ether oxygens (including phenoxy) is 1. The van der Waals surface area contributed by atoms with E-state index in [-0.39, 0.29) is 5.91 Å². The summed E-state index contributed by atoms with van der Waals surface area (Å²) in [6.45, 7) is 2.68. The number of carbonyl (C=O) groups is 1. The molecule has 20 heavy (non-hydrogen) atoms. The Labute approximate surface area is 125 Å². The Kier molecular flexibility index (Phi) is 7.51. The van der Waals surface area contributed by atoms with Crippen molar-refractivity contribution in [3.8, 4) is 0 Å². The number of rotatable bonds is 8. The van der Waals surface area contributed by atoms with E-state index in [0.29, 0.717) is 30.3 Å². The fourth-order valence-corrected chi connectivity index (χ4v) is 2.01. The van der Waals surface area contributed by atoms with Gasteiger partial charge in [0.2, 0.25) is 0 Å². The quantitative estimate of drug-likeness (QED) is 0.734. The van der Waals surface area contributed by atoms with Crippen LogP contribution in [0.5, 0.6) is 0 Å². The SMILES string of the molecule is COCCN(CCCN(C)C)C(=O)c1ccncc1Cl. The van der Waals surface area contributed by atoms with Gasteiger partial charge in [0.05, 0.1) is 17.2 Å². The lowest BCUT2D eigenvalue weighted by atomic mass is 10.2. The first-order chi connectivity index (χ1) is 9.56. The smallest absolute Gasteiger partial charge is 0.255 e. The fourth-order valence-electron chi connectivity index (χ4n) is 1.81. The molecule has 0 radical (unpaired) electrons. The molecule has 0 saturated carbocycles. The van der Waals surface area contributed by atoms with E-state index in [4.69, 9.17) is 16.3 Å². The van der Waals surface area contributed by atoms with Crippen LogP contribution in [0.3, 0.4) is 0 Å². The predicted molar refractivity (Wildman–Crippen MR) is 80.2 cm³/mol. The first-order valence-electron chi connectivity index (χ1n) is 6.58. The normalized spacial score (nSPS) is 10.8. The second-order valence-electron chi connectivity index (χ2n) is 4.80. The molecule has 0 bridgehead atoms. The van der Waals surface area contributed by atoms with E-state index >= 15 is 0 Å². The average Bonchev–Trinajstić information content (AvgIpc) is 2.42. The fraction of sp³-hybridized carbons (Fsp3) is 0.571. The standard InChI is InChI=1S/C14H22ClN3O2/c1-17(2)7-4-8-18(9-10-20-3)14(19)12-5-6-16-11-13(12)15/h5-6,11H,4,7-10H2,1-3H3. The van der Waals surface area contributed by atoms with Gasteiger partial charge in [0, 0.05) is 32.6 Å². The second-order valence-corrected chi connectivity index (χ2v) is 5.20. The highest BCUT2D eigenvalue weighted by atomic mass is 35.5. The highest BCUT2D eigenvalue weighted by Crippen LogP contribution is 2.16. The van der Waals surface area contributed by atoms with Crippen LogP contribution in [0.15, 0.2) is 18.5 Å². The summed E-state index contributed by atoms with van der Waals surface area (Å²) in [4.78, 5) is 20.3. The molecule has 0 N–H and O–H groups in total. The zero-order valence-electron chi connectivity index (χ0n) is 12.3. The molecule has 0 spiro atoms. The predicted octanol–water partition coefficient (Wildman–Crippen LogP) is 1.78. The molecule has 112 valence electrons. The van der Waals surface area contributed by atoms with Crippen LogP contribution < -0.4 is 0 Å². The summed E-state index contributed by atoms with van der Waals surface area (Å²) < 4.78 is 5.07. The van der Waals surface area contributed by atoms with Crippen molar-refractivity contribution in [2.24, 2.45) is 0 Å². The van der Waals surface area contributed by atoms with Crippen LogP contribution in [0.2, 0.25) is 5.02 Å². The van der Waals surface area contributed by atoms with E-state index in [1.54, 1.807) is 24.3 Å². The largest absolute Gasteiger partial charge is 0.383 e. The van der Waals surface area contributed by atoms with E-state index in [0.717, 1.165) is 13.0 Å². The molecule has 1 aromatic rings. The van der Waals surface area contributed by atoms with E-state index < -0.39 is 0 Å². The lowest BCUT2D eigenvalue weighted by Crippen LogP contribution is -2.36. The number of pyridine rings is 1. The minimum atomic E-state index is -0.0757. The van der Waals surface area contributed by atoms with Gasteiger partial charge < -0.3 is 14.5 Å². The monoisotopic (exact) mass is 299 g/mol. The molecule has 6 heteroatoms. The maximum absolute atomic E-state index is 12.5. The maximum Gasteiger partial charge on any atom is 0.255 e. The molecule has 0 atom stereocenters. The van der Waals surface area contributed by atoms with Crippen molar-refractivity contribution in [3.05, 3.63) is 29.0 Å². The van der Waals surface area contributed by atoms with Crippen molar-refractivity contribution in [1.82, 2.24) is 14.8 Å². The zero-order valence-corrected chi connectivity index (χ0v) is 13.1. The van der Waals surface area contributed by atoms with Crippen molar-refractivity contribution >= 4 is 17.5 Å². The third kappa shape index (κ3) is 5.45. The Morgan fingerprint density at radius 1 is 1.35 bits per heavy atom. The van der Waals surface area contributed by atoms with Gasteiger partial charge in [0.1, 0.15) is 0 Å². The number of carbonyl (C=O) groups excluding carboxylic acids is 1. The van der Waals surface area contributed by atoms with Gasteiger partial charge in [-0.25, -0.2) is 0 Å². The summed E-state index contributed by atoms with van der Waals surface area (Å²) in [5.74, 6) is -0.0757. The summed E-state index contributed by atoms with van der Waals surface area (Å²) in [7, 11) is 5.66. The van der Waals surface area contributed by atoms with Gasteiger partial charge in [-0.3, -0.25) is 9.78 Å². The number of amides is 1. The van der Waals surface area contributed by atoms with Crippen LogP contribution in [0.4, 0.5) is 0 Å². The summed E-state index contributed by atoms with van der Waals surface area (Å²) >= 11 is 6.03. The molecular formula is C14H22ClN3O2. The second kappa shape index (κ2) is 8.89. The van der Waals surface area contributed by atoms with Crippen LogP contribution in [0.25, 0.3) is 0 Å². The molecule has 1 rings (SSSR count). The van der Waals surface area contributed by atoms with Gasteiger partial charge in [-0.05, 0) is 33.1 Å². The molecule has 0 saturated heterocycles. The third-order valence-corrected chi connectivity index (χ3v) is 3.19. The first kappa shape index (κ1) is 16.9. The van der Waals surface area contributed by atoms with Gasteiger partial charge in [-0.15, -0.1) is 0 Å². The summed E-state index contributed by atoms with van der Waals surface area (Å²) in [5.41, 5.74) is 0.489. The van der Waals surface area contributed by atoms with E-state index in [1.807, 2.05) is 14.1 Å². The number of methoxy groups -OCH3 is 1. The molecule has 0 aromatic carbocycles. The molecule has 5 nitrogen and oxygen atoms in total. The Balaban J connectivity index is 2.71. The maximum atomic E-state index is 12.5. The van der Waals surface area contributed by atoms with Crippen LogP contribution in [0.1, 0.15) is 16.8 Å².